The first-order valence-corrected chi connectivity index (χ1v) is 8.73. The van der Waals surface area contributed by atoms with Gasteiger partial charge in [-0.15, -0.1) is 0 Å². The molecule has 1 aromatic carbocycles. The van der Waals surface area contributed by atoms with E-state index in [0.717, 1.165) is 42.9 Å². The molecule has 1 aromatic heterocycles. The van der Waals surface area contributed by atoms with Crippen molar-refractivity contribution in [3.05, 3.63) is 46.3 Å². The van der Waals surface area contributed by atoms with E-state index in [1.807, 2.05) is 6.07 Å². The number of aliphatic hydroxyl groups is 1. The van der Waals surface area contributed by atoms with Crippen molar-refractivity contribution in [1.29, 1.82) is 0 Å². The lowest BCUT2D eigenvalue weighted by atomic mass is 9.50. The summed E-state index contributed by atoms with van der Waals surface area (Å²) >= 11 is 0. The molecule has 5 heteroatoms. The molecule has 2 aromatic rings. The number of ether oxygens (including phenoxy) is 1. The van der Waals surface area contributed by atoms with Crippen molar-refractivity contribution < 1.29 is 9.84 Å². The van der Waals surface area contributed by atoms with Gasteiger partial charge in [-0.1, -0.05) is 6.07 Å². The third-order valence-corrected chi connectivity index (χ3v) is 6.68. The second kappa shape index (κ2) is 4.61. The van der Waals surface area contributed by atoms with E-state index >= 15 is 0 Å². The lowest BCUT2D eigenvalue weighted by Gasteiger charge is -2.60. The number of aryl methyl sites for hydroxylation is 1. The molecular formula is C19H23N3O2. The average Bonchev–Trinajstić information content (AvgIpc) is 2.92. The number of benzene rings is 1. The molecule has 2 heterocycles. The number of nitrogens with one attached hydrogen (secondary N) is 2. The van der Waals surface area contributed by atoms with E-state index in [-0.39, 0.29) is 11.5 Å². The van der Waals surface area contributed by atoms with Gasteiger partial charge < -0.3 is 15.2 Å². The van der Waals surface area contributed by atoms with Crippen LogP contribution in [0.25, 0.3) is 0 Å². The zero-order valence-electron chi connectivity index (χ0n) is 14.1. The summed E-state index contributed by atoms with van der Waals surface area (Å²) in [6.07, 6.45) is 3.25. The van der Waals surface area contributed by atoms with Crippen LogP contribution in [0.15, 0.2) is 18.2 Å². The summed E-state index contributed by atoms with van der Waals surface area (Å²) in [6, 6.07) is 6.44. The van der Waals surface area contributed by atoms with Gasteiger partial charge in [-0.25, -0.2) is 0 Å². The van der Waals surface area contributed by atoms with Gasteiger partial charge >= 0.3 is 0 Å². The van der Waals surface area contributed by atoms with Crippen LogP contribution in [0, 0.1) is 6.92 Å². The van der Waals surface area contributed by atoms with Gasteiger partial charge in [-0.05, 0) is 55.1 Å². The van der Waals surface area contributed by atoms with Crippen LogP contribution in [-0.2, 0) is 24.7 Å². The number of aromatic amines is 1. The van der Waals surface area contributed by atoms with E-state index in [1.54, 1.807) is 7.11 Å². The summed E-state index contributed by atoms with van der Waals surface area (Å²) in [7, 11) is 1.70. The molecule has 0 spiro atoms. The Morgan fingerprint density at radius 2 is 2.21 bits per heavy atom. The highest BCUT2D eigenvalue weighted by molar-refractivity contribution is 5.52. The van der Waals surface area contributed by atoms with Crippen molar-refractivity contribution in [3.8, 4) is 5.75 Å². The maximum absolute atomic E-state index is 11.9. The Balaban J connectivity index is 1.77. The van der Waals surface area contributed by atoms with E-state index < -0.39 is 5.60 Å². The van der Waals surface area contributed by atoms with Gasteiger partial charge in [-0.2, -0.15) is 5.10 Å². The first-order valence-electron chi connectivity index (χ1n) is 8.73. The molecule has 5 rings (SSSR count). The van der Waals surface area contributed by atoms with Crippen LogP contribution in [0.3, 0.4) is 0 Å². The zero-order valence-corrected chi connectivity index (χ0v) is 14.1. The number of methoxy groups -OCH3 is 1. The molecule has 1 aliphatic heterocycles. The van der Waals surface area contributed by atoms with E-state index in [2.05, 4.69) is 34.6 Å². The molecule has 2 aliphatic carbocycles. The molecule has 5 nitrogen and oxygen atoms in total. The summed E-state index contributed by atoms with van der Waals surface area (Å²) in [4.78, 5) is 0. The molecule has 24 heavy (non-hydrogen) atoms. The van der Waals surface area contributed by atoms with Crippen molar-refractivity contribution in [3.63, 3.8) is 0 Å². The fraction of sp³-hybridized carbons (Fsp3) is 0.526. The number of hydrogen-bond donors (Lipinski definition) is 3. The monoisotopic (exact) mass is 325 g/mol. The maximum Gasteiger partial charge on any atom is 0.119 e. The lowest BCUT2D eigenvalue weighted by molar-refractivity contribution is -0.106. The smallest absolute Gasteiger partial charge is 0.119 e. The van der Waals surface area contributed by atoms with Gasteiger partial charge in [-0.3, -0.25) is 5.10 Å². The topological polar surface area (TPSA) is 70.2 Å². The van der Waals surface area contributed by atoms with Crippen LogP contribution in [0.1, 0.15) is 34.5 Å². The molecule has 1 saturated heterocycles. The number of hydrogen-bond acceptors (Lipinski definition) is 4. The molecule has 3 N–H and O–H groups in total. The second-order valence-electron chi connectivity index (χ2n) is 7.62. The predicted octanol–water partition coefficient (Wildman–Crippen LogP) is 1.41. The molecule has 1 fully saturated rings. The molecule has 3 aliphatic rings. The summed E-state index contributed by atoms with van der Waals surface area (Å²) < 4.78 is 5.48. The predicted molar refractivity (Wildman–Crippen MR) is 90.5 cm³/mol. The second-order valence-corrected chi connectivity index (χ2v) is 7.62. The van der Waals surface area contributed by atoms with Crippen LogP contribution in [0.4, 0.5) is 0 Å². The fourth-order valence-corrected chi connectivity index (χ4v) is 5.38. The summed E-state index contributed by atoms with van der Waals surface area (Å²) in [5.74, 6) is 0.867. The Morgan fingerprint density at radius 1 is 1.33 bits per heavy atom. The summed E-state index contributed by atoms with van der Waals surface area (Å²) in [5, 5.41) is 23.2. The summed E-state index contributed by atoms with van der Waals surface area (Å²) in [5.41, 5.74) is 4.94. The Hall–Kier alpha value is -1.85. The third kappa shape index (κ3) is 1.59. The Morgan fingerprint density at radius 3 is 3.04 bits per heavy atom. The zero-order chi connectivity index (χ0) is 16.5. The maximum atomic E-state index is 11.9. The average molecular weight is 325 g/mol. The molecule has 0 radical (unpaired) electrons. The SMILES string of the molecule is COc1ccc2c(c1)C13CCNC(C2)C1(O)Cc1c(n[nH]c1C)C3. The van der Waals surface area contributed by atoms with Gasteiger partial charge in [0.05, 0.1) is 18.4 Å². The van der Waals surface area contributed by atoms with Gasteiger partial charge in [0.15, 0.2) is 0 Å². The fourth-order valence-electron chi connectivity index (χ4n) is 5.38. The lowest BCUT2D eigenvalue weighted by Crippen LogP contribution is -2.73. The van der Waals surface area contributed by atoms with Gasteiger partial charge in [0, 0.05) is 30.0 Å². The molecule has 126 valence electrons. The van der Waals surface area contributed by atoms with E-state index in [1.165, 1.54) is 16.7 Å². The molecule has 2 bridgehead atoms. The Kier molecular flexibility index (Phi) is 2.78. The van der Waals surface area contributed by atoms with Crippen LogP contribution < -0.4 is 10.1 Å². The highest BCUT2D eigenvalue weighted by atomic mass is 16.5. The van der Waals surface area contributed by atoms with Gasteiger partial charge in [0.25, 0.3) is 0 Å². The number of nitrogens with zero attached hydrogens (tertiary/aromatic N) is 1. The first-order chi connectivity index (χ1) is 11.6. The van der Waals surface area contributed by atoms with Gasteiger partial charge in [0.2, 0.25) is 0 Å². The molecule has 0 saturated carbocycles. The standard InChI is InChI=1S/C19H23N3O2/c1-11-14-9-19(23)17-7-12-3-4-13(24-2)8-15(12)18(19,5-6-20-17)10-16(14)22-21-11/h3-4,8,17,20,23H,5-7,9-10H2,1-2H3,(H,21,22). The Bertz CT molecular complexity index is 830. The largest absolute Gasteiger partial charge is 0.497 e. The van der Waals surface area contributed by atoms with Crippen molar-refractivity contribution >= 4 is 0 Å². The minimum Gasteiger partial charge on any atom is -0.497 e. The number of aromatic nitrogens is 2. The molecule has 3 unspecified atom stereocenters. The highest BCUT2D eigenvalue weighted by Crippen LogP contribution is 2.55. The van der Waals surface area contributed by atoms with Crippen LogP contribution in [-0.4, -0.2) is 40.6 Å². The molecule has 3 atom stereocenters. The van der Waals surface area contributed by atoms with Crippen LogP contribution in [0.5, 0.6) is 5.75 Å². The van der Waals surface area contributed by atoms with Crippen molar-refractivity contribution in [2.24, 2.45) is 0 Å². The van der Waals surface area contributed by atoms with Crippen LogP contribution >= 0.6 is 0 Å². The van der Waals surface area contributed by atoms with Crippen LogP contribution in [0.2, 0.25) is 0 Å². The molecule has 0 amide bonds. The van der Waals surface area contributed by atoms with E-state index in [0.29, 0.717) is 6.42 Å². The number of H-pyrrole nitrogens is 1. The van der Waals surface area contributed by atoms with Gasteiger partial charge in [0.1, 0.15) is 5.75 Å². The highest BCUT2D eigenvalue weighted by Gasteiger charge is 2.63. The minimum atomic E-state index is -0.772. The number of piperidine rings is 1. The van der Waals surface area contributed by atoms with Crippen molar-refractivity contribution in [1.82, 2.24) is 15.5 Å². The summed E-state index contributed by atoms with van der Waals surface area (Å²) in [6.45, 7) is 2.98. The molecular weight excluding hydrogens is 302 g/mol. The quantitative estimate of drug-likeness (QED) is 0.741. The minimum absolute atomic E-state index is 0.0922. The number of fused-ring (bicyclic) bond motifs is 2. The van der Waals surface area contributed by atoms with E-state index in [9.17, 15) is 5.11 Å². The Labute approximate surface area is 141 Å². The normalized spacial score (nSPS) is 33.4. The van der Waals surface area contributed by atoms with E-state index in [4.69, 9.17) is 4.74 Å². The van der Waals surface area contributed by atoms with Crippen molar-refractivity contribution in [2.45, 2.75) is 49.7 Å². The number of rotatable bonds is 1. The third-order valence-electron chi connectivity index (χ3n) is 6.68. The van der Waals surface area contributed by atoms with Crippen molar-refractivity contribution in [2.75, 3.05) is 13.7 Å². The first kappa shape index (κ1) is 14.5.